The number of nitrogens with one attached hydrogen (secondary N) is 1. The monoisotopic (exact) mass is 242 g/mol. The van der Waals surface area contributed by atoms with Crippen molar-refractivity contribution in [3.63, 3.8) is 0 Å². The molecule has 1 aromatic rings. The van der Waals surface area contributed by atoms with E-state index in [1.807, 2.05) is 18.5 Å². The van der Waals surface area contributed by atoms with Crippen molar-refractivity contribution in [3.05, 3.63) is 5.82 Å². The van der Waals surface area contributed by atoms with Gasteiger partial charge in [0.15, 0.2) is 5.16 Å². The molecule has 92 valence electrons. The standard InChI is InChI=1S/C11H22N4S/c1-5-6-12-7-9(2)8-16-11-14-13-10(3)15(11)4/h9,12H,5-8H2,1-4H3. The highest BCUT2D eigenvalue weighted by Crippen LogP contribution is 2.18. The van der Waals surface area contributed by atoms with Gasteiger partial charge in [-0.2, -0.15) is 0 Å². The maximum Gasteiger partial charge on any atom is 0.190 e. The van der Waals surface area contributed by atoms with Crippen LogP contribution in [0.4, 0.5) is 0 Å². The molecule has 0 radical (unpaired) electrons. The van der Waals surface area contributed by atoms with Crippen LogP contribution in [0.5, 0.6) is 0 Å². The van der Waals surface area contributed by atoms with E-state index in [4.69, 9.17) is 0 Å². The Morgan fingerprint density at radius 1 is 1.44 bits per heavy atom. The molecule has 4 nitrogen and oxygen atoms in total. The Morgan fingerprint density at radius 3 is 2.75 bits per heavy atom. The Labute approximate surface area is 102 Å². The van der Waals surface area contributed by atoms with Crippen molar-refractivity contribution >= 4 is 11.8 Å². The lowest BCUT2D eigenvalue weighted by atomic mass is 10.2. The molecule has 0 saturated carbocycles. The summed E-state index contributed by atoms with van der Waals surface area (Å²) in [6.45, 7) is 8.62. The Kier molecular flexibility index (Phi) is 5.84. The number of hydrogen-bond donors (Lipinski definition) is 1. The molecule has 0 aliphatic rings. The van der Waals surface area contributed by atoms with Gasteiger partial charge in [-0.15, -0.1) is 10.2 Å². The number of thioether (sulfide) groups is 1. The van der Waals surface area contributed by atoms with Gasteiger partial charge in [0.05, 0.1) is 0 Å². The maximum atomic E-state index is 4.14. The van der Waals surface area contributed by atoms with Crippen LogP contribution >= 0.6 is 11.8 Å². The first kappa shape index (κ1) is 13.5. The minimum absolute atomic E-state index is 0.661. The normalized spacial score (nSPS) is 13.0. The third-order valence-corrected chi connectivity index (χ3v) is 3.82. The van der Waals surface area contributed by atoms with Crippen LogP contribution in [-0.2, 0) is 7.05 Å². The predicted molar refractivity (Wildman–Crippen MR) is 68.8 cm³/mol. The quantitative estimate of drug-likeness (QED) is 0.585. The average Bonchev–Trinajstić information content (AvgIpc) is 2.58. The first-order valence-electron chi connectivity index (χ1n) is 5.84. The topological polar surface area (TPSA) is 42.7 Å². The SMILES string of the molecule is CCCNCC(C)CSc1nnc(C)n1C. The number of aromatic nitrogens is 3. The van der Waals surface area contributed by atoms with Gasteiger partial charge < -0.3 is 9.88 Å². The molecule has 0 aliphatic carbocycles. The van der Waals surface area contributed by atoms with Gasteiger partial charge in [0.1, 0.15) is 5.82 Å². The lowest BCUT2D eigenvalue weighted by Crippen LogP contribution is -2.23. The molecule has 0 amide bonds. The second-order valence-electron chi connectivity index (χ2n) is 4.21. The van der Waals surface area contributed by atoms with Crippen molar-refractivity contribution < 1.29 is 0 Å². The Balaban J connectivity index is 2.26. The van der Waals surface area contributed by atoms with Crippen molar-refractivity contribution in [2.24, 2.45) is 13.0 Å². The minimum Gasteiger partial charge on any atom is -0.316 e. The average molecular weight is 242 g/mol. The predicted octanol–water partition coefficient (Wildman–Crippen LogP) is 1.85. The van der Waals surface area contributed by atoms with Gasteiger partial charge in [-0.1, -0.05) is 25.6 Å². The van der Waals surface area contributed by atoms with E-state index < -0.39 is 0 Å². The summed E-state index contributed by atoms with van der Waals surface area (Å²) >= 11 is 1.78. The molecule has 16 heavy (non-hydrogen) atoms. The fourth-order valence-corrected chi connectivity index (χ4v) is 2.29. The van der Waals surface area contributed by atoms with Crippen LogP contribution in [0.15, 0.2) is 5.16 Å². The van der Waals surface area contributed by atoms with Crippen molar-refractivity contribution in [1.29, 1.82) is 0 Å². The van der Waals surface area contributed by atoms with Crippen LogP contribution < -0.4 is 5.32 Å². The summed E-state index contributed by atoms with van der Waals surface area (Å²) in [5.41, 5.74) is 0. The largest absolute Gasteiger partial charge is 0.316 e. The molecule has 1 rings (SSSR count). The number of aryl methyl sites for hydroxylation is 1. The molecule has 5 heteroatoms. The van der Waals surface area contributed by atoms with Crippen molar-refractivity contribution in [1.82, 2.24) is 20.1 Å². The first-order valence-corrected chi connectivity index (χ1v) is 6.83. The smallest absolute Gasteiger partial charge is 0.190 e. The molecule has 0 saturated heterocycles. The van der Waals surface area contributed by atoms with Crippen LogP contribution in [0, 0.1) is 12.8 Å². The molecular formula is C11H22N4S. The maximum absolute atomic E-state index is 4.14. The summed E-state index contributed by atoms with van der Waals surface area (Å²) in [6.07, 6.45) is 1.20. The second-order valence-corrected chi connectivity index (χ2v) is 5.20. The second kappa shape index (κ2) is 6.91. The molecule has 0 aromatic carbocycles. The zero-order valence-corrected chi connectivity index (χ0v) is 11.5. The summed E-state index contributed by atoms with van der Waals surface area (Å²) in [6, 6.07) is 0. The molecular weight excluding hydrogens is 220 g/mol. The third kappa shape index (κ3) is 4.14. The van der Waals surface area contributed by atoms with E-state index in [2.05, 4.69) is 29.4 Å². The van der Waals surface area contributed by atoms with E-state index in [1.54, 1.807) is 11.8 Å². The van der Waals surface area contributed by atoms with Gasteiger partial charge in [0.2, 0.25) is 0 Å². The van der Waals surface area contributed by atoms with Crippen LogP contribution in [0.3, 0.4) is 0 Å². The van der Waals surface area contributed by atoms with Crippen molar-refractivity contribution in [3.8, 4) is 0 Å². The molecule has 1 N–H and O–H groups in total. The fraction of sp³-hybridized carbons (Fsp3) is 0.818. The molecule has 1 aromatic heterocycles. The summed E-state index contributed by atoms with van der Waals surface area (Å²) in [7, 11) is 2.01. The van der Waals surface area contributed by atoms with Gasteiger partial charge in [-0.3, -0.25) is 0 Å². The molecule has 0 fully saturated rings. The highest BCUT2D eigenvalue weighted by Gasteiger charge is 2.08. The van der Waals surface area contributed by atoms with Crippen molar-refractivity contribution in [2.75, 3.05) is 18.8 Å². The van der Waals surface area contributed by atoms with E-state index in [-0.39, 0.29) is 0 Å². The Bertz CT molecular complexity index is 311. The van der Waals surface area contributed by atoms with Gasteiger partial charge in [0, 0.05) is 12.8 Å². The Hall–Kier alpha value is -0.550. The molecule has 1 unspecified atom stereocenters. The molecule has 1 atom stereocenters. The van der Waals surface area contributed by atoms with E-state index in [0.717, 1.165) is 29.8 Å². The highest BCUT2D eigenvalue weighted by atomic mass is 32.2. The number of nitrogens with zero attached hydrogens (tertiary/aromatic N) is 3. The minimum atomic E-state index is 0.661. The molecule has 1 heterocycles. The van der Waals surface area contributed by atoms with E-state index in [1.165, 1.54) is 6.42 Å². The highest BCUT2D eigenvalue weighted by molar-refractivity contribution is 7.99. The van der Waals surface area contributed by atoms with Gasteiger partial charge in [0.25, 0.3) is 0 Å². The summed E-state index contributed by atoms with van der Waals surface area (Å²) < 4.78 is 2.04. The zero-order valence-electron chi connectivity index (χ0n) is 10.7. The zero-order chi connectivity index (χ0) is 12.0. The van der Waals surface area contributed by atoms with E-state index in [9.17, 15) is 0 Å². The van der Waals surface area contributed by atoms with E-state index >= 15 is 0 Å². The molecule has 0 aliphatic heterocycles. The Morgan fingerprint density at radius 2 is 2.19 bits per heavy atom. The summed E-state index contributed by atoms with van der Waals surface area (Å²) in [5, 5.41) is 12.6. The number of rotatable bonds is 7. The van der Waals surface area contributed by atoms with Gasteiger partial charge >= 0.3 is 0 Å². The fourth-order valence-electron chi connectivity index (χ4n) is 1.31. The first-order chi connectivity index (χ1) is 7.65. The van der Waals surface area contributed by atoms with Gasteiger partial charge in [-0.05, 0) is 32.4 Å². The van der Waals surface area contributed by atoms with Crippen LogP contribution in [0.25, 0.3) is 0 Å². The molecule has 0 spiro atoms. The molecule has 0 bridgehead atoms. The van der Waals surface area contributed by atoms with Crippen molar-refractivity contribution in [2.45, 2.75) is 32.3 Å². The lowest BCUT2D eigenvalue weighted by Gasteiger charge is -2.11. The van der Waals surface area contributed by atoms with Crippen LogP contribution in [-0.4, -0.2) is 33.6 Å². The van der Waals surface area contributed by atoms with Gasteiger partial charge in [-0.25, -0.2) is 0 Å². The summed E-state index contributed by atoms with van der Waals surface area (Å²) in [5.74, 6) is 2.72. The lowest BCUT2D eigenvalue weighted by molar-refractivity contribution is 0.556. The summed E-state index contributed by atoms with van der Waals surface area (Å²) in [4.78, 5) is 0. The van der Waals surface area contributed by atoms with Crippen LogP contribution in [0.2, 0.25) is 0 Å². The van der Waals surface area contributed by atoms with E-state index in [0.29, 0.717) is 5.92 Å². The third-order valence-electron chi connectivity index (χ3n) is 2.47. The number of hydrogen-bond acceptors (Lipinski definition) is 4. The van der Waals surface area contributed by atoms with Crippen LogP contribution in [0.1, 0.15) is 26.1 Å².